The molecular formula is C15H27N3. The van der Waals surface area contributed by atoms with Gasteiger partial charge in [0.05, 0.1) is 11.4 Å². The highest BCUT2D eigenvalue weighted by atomic mass is 15.2. The molecule has 3 heteroatoms. The van der Waals surface area contributed by atoms with Crippen molar-refractivity contribution >= 4 is 0 Å². The molecule has 0 aromatic carbocycles. The van der Waals surface area contributed by atoms with Gasteiger partial charge in [0.1, 0.15) is 0 Å². The Hall–Kier alpha value is -0.930. The lowest BCUT2D eigenvalue weighted by Gasteiger charge is -2.28. The molecule has 0 bridgehead atoms. The van der Waals surface area contributed by atoms with Crippen molar-refractivity contribution in [3.05, 3.63) is 29.6 Å². The summed E-state index contributed by atoms with van der Waals surface area (Å²) in [6.45, 7) is 9.38. The monoisotopic (exact) mass is 249 g/mol. The molecule has 2 N–H and O–H groups in total. The first-order chi connectivity index (χ1) is 8.71. The fraction of sp³-hybridized carbons (Fsp3) is 0.667. The van der Waals surface area contributed by atoms with Gasteiger partial charge in [-0.15, -0.1) is 0 Å². The average Bonchev–Trinajstić information content (AvgIpc) is 2.42. The maximum Gasteiger partial charge on any atom is 0.0547 e. The Kier molecular flexibility index (Phi) is 6.91. The van der Waals surface area contributed by atoms with Crippen molar-refractivity contribution in [2.24, 2.45) is 5.73 Å². The topological polar surface area (TPSA) is 42.1 Å². The van der Waals surface area contributed by atoms with Crippen LogP contribution >= 0.6 is 0 Å². The van der Waals surface area contributed by atoms with Crippen LogP contribution in [0.4, 0.5) is 0 Å². The van der Waals surface area contributed by atoms with E-state index in [9.17, 15) is 0 Å². The van der Waals surface area contributed by atoms with Crippen molar-refractivity contribution in [3.63, 3.8) is 0 Å². The minimum absolute atomic E-state index is 0.520. The Labute approximate surface area is 111 Å². The van der Waals surface area contributed by atoms with Crippen LogP contribution in [0.1, 0.15) is 51.4 Å². The summed E-state index contributed by atoms with van der Waals surface area (Å²) < 4.78 is 0. The number of aromatic nitrogens is 1. The van der Waals surface area contributed by atoms with E-state index in [1.165, 1.54) is 19.3 Å². The largest absolute Gasteiger partial charge is 0.325 e. The molecule has 1 aromatic rings. The number of nitrogens with two attached hydrogens (primary N) is 1. The van der Waals surface area contributed by atoms with E-state index < -0.39 is 0 Å². The molecule has 0 fully saturated rings. The highest BCUT2D eigenvalue weighted by Gasteiger charge is 2.12. The number of rotatable bonds is 8. The third kappa shape index (κ3) is 4.75. The van der Waals surface area contributed by atoms with Crippen molar-refractivity contribution in [1.82, 2.24) is 9.88 Å². The Bertz CT molecular complexity index is 338. The van der Waals surface area contributed by atoms with Crippen LogP contribution in [-0.4, -0.2) is 22.5 Å². The fourth-order valence-corrected chi connectivity index (χ4v) is 2.01. The normalized spacial score (nSPS) is 12.9. The molecule has 1 heterocycles. The van der Waals surface area contributed by atoms with Gasteiger partial charge in [-0.05, 0) is 38.4 Å². The minimum atomic E-state index is 0.520. The van der Waals surface area contributed by atoms with E-state index in [0.717, 1.165) is 24.5 Å². The summed E-state index contributed by atoms with van der Waals surface area (Å²) in [6, 6.07) is 6.75. The predicted molar refractivity (Wildman–Crippen MR) is 77.2 cm³/mol. The highest BCUT2D eigenvalue weighted by Crippen LogP contribution is 2.11. The molecule has 1 rings (SSSR count). The van der Waals surface area contributed by atoms with Gasteiger partial charge < -0.3 is 5.73 Å². The van der Waals surface area contributed by atoms with E-state index in [0.29, 0.717) is 12.6 Å². The molecule has 3 nitrogen and oxygen atoms in total. The van der Waals surface area contributed by atoms with Crippen LogP contribution in [0, 0.1) is 0 Å². The molecule has 0 radical (unpaired) electrons. The molecule has 0 spiro atoms. The summed E-state index contributed by atoms with van der Waals surface area (Å²) >= 11 is 0. The van der Waals surface area contributed by atoms with Gasteiger partial charge in [0.2, 0.25) is 0 Å². The Morgan fingerprint density at radius 2 is 2.00 bits per heavy atom. The lowest BCUT2D eigenvalue weighted by atomic mass is 10.1. The van der Waals surface area contributed by atoms with Gasteiger partial charge >= 0.3 is 0 Å². The lowest BCUT2D eigenvalue weighted by Crippen LogP contribution is -2.33. The van der Waals surface area contributed by atoms with Gasteiger partial charge in [0.25, 0.3) is 0 Å². The molecule has 0 saturated carbocycles. The summed E-state index contributed by atoms with van der Waals surface area (Å²) in [7, 11) is 0. The van der Waals surface area contributed by atoms with Gasteiger partial charge in [0.15, 0.2) is 0 Å². The minimum Gasteiger partial charge on any atom is -0.325 e. The van der Waals surface area contributed by atoms with Crippen LogP contribution in [0.3, 0.4) is 0 Å². The van der Waals surface area contributed by atoms with E-state index in [1.54, 1.807) is 0 Å². The molecule has 18 heavy (non-hydrogen) atoms. The van der Waals surface area contributed by atoms with Crippen LogP contribution < -0.4 is 5.73 Å². The third-order valence-electron chi connectivity index (χ3n) is 3.45. The summed E-state index contributed by atoms with van der Waals surface area (Å²) in [6.07, 6.45) is 3.67. The maximum atomic E-state index is 5.64. The zero-order chi connectivity index (χ0) is 13.4. The van der Waals surface area contributed by atoms with Gasteiger partial charge in [-0.2, -0.15) is 0 Å². The molecule has 1 aromatic heterocycles. The van der Waals surface area contributed by atoms with Crippen LogP contribution in [0.5, 0.6) is 0 Å². The van der Waals surface area contributed by atoms with E-state index >= 15 is 0 Å². The smallest absolute Gasteiger partial charge is 0.0547 e. The first-order valence-corrected chi connectivity index (χ1v) is 7.10. The lowest BCUT2D eigenvalue weighted by molar-refractivity contribution is 0.190. The van der Waals surface area contributed by atoms with Crippen LogP contribution in [-0.2, 0) is 13.1 Å². The third-order valence-corrected chi connectivity index (χ3v) is 3.45. The van der Waals surface area contributed by atoms with E-state index in [-0.39, 0.29) is 0 Å². The van der Waals surface area contributed by atoms with Gasteiger partial charge in [-0.1, -0.05) is 26.3 Å². The molecule has 0 saturated heterocycles. The van der Waals surface area contributed by atoms with E-state index in [2.05, 4.69) is 42.8 Å². The zero-order valence-corrected chi connectivity index (χ0v) is 12.0. The van der Waals surface area contributed by atoms with E-state index in [1.807, 2.05) is 6.07 Å². The molecule has 0 aliphatic heterocycles. The fourth-order valence-electron chi connectivity index (χ4n) is 2.01. The molecular weight excluding hydrogens is 222 g/mol. The molecule has 0 aliphatic carbocycles. The number of hydrogen-bond acceptors (Lipinski definition) is 3. The Morgan fingerprint density at radius 1 is 1.28 bits per heavy atom. The number of hydrogen-bond donors (Lipinski definition) is 1. The Balaban J connectivity index is 2.68. The first kappa shape index (κ1) is 15.1. The van der Waals surface area contributed by atoms with Crippen LogP contribution in [0.2, 0.25) is 0 Å². The SMILES string of the molecule is CCCCN(Cc1cccc(CN)n1)C(C)CC. The van der Waals surface area contributed by atoms with Crippen molar-refractivity contribution < 1.29 is 0 Å². The van der Waals surface area contributed by atoms with Gasteiger partial charge in [-0.25, -0.2) is 0 Å². The number of unbranched alkanes of at least 4 members (excludes halogenated alkanes) is 1. The highest BCUT2D eigenvalue weighted by molar-refractivity contribution is 5.11. The van der Waals surface area contributed by atoms with Crippen molar-refractivity contribution in [3.8, 4) is 0 Å². The van der Waals surface area contributed by atoms with E-state index in [4.69, 9.17) is 5.73 Å². The van der Waals surface area contributed by atoms with Crippen molar-refractivity contribution in [1.29, 1.82) is 0 Å². The average molecular weight is 249 g/mol. The van der Waals surface area contributed by atoms with Crippen molar-refractivity contribution in [2.45, 2.75) is 59.2 Å². The van der Waals surface area contributed by atoms with Gasteiger partial charge in [-0.3, -0.25) is 9.88 Å². The second-order valence-electron chi connectivity index (χ2n) is 4.91. The molecule has 1 atom stereocenters. The standard InChI is InChI=1S/C15H27N3/c1-4-6-10-18(13(3)5-2)12-15-9-7-8-14(11-16)17-15/h7-9,13H,4-6,10-12,16H2,1-3H3. The molecule has 1 unspecified atom stereocenters. The van der Waals surface area contributed by atoms with Gasteiger partial charge in [0, 0.05) is 19.1 Å². The second kappa shape index (κ2) is 8.22. The predicted octanol–water partition coefficient (Wildman–Crippen LogP) is 2.94. The van der Waals surface area contributed by atoms with Crippen LogP contribution in [0.25, 0.3) is 0 Å². The summed E-state index contributed by atoms with van der Waals surface area (Å²) in [5.41, 5.74) is 7.75. The molecule has 102 valence electrons. The summed E-state index contributed by atoms with van der Waals surface area (Å²) in [5, 5.41) is 0. The molecule has 0 amide bonds. The van der Waals surface area contributed by atoms with Crippen LogP contribution in [0.15, 0.2) is 18.2 Å². The number of pyridine rings is 1. The molecule has 0 aliphatic rings. The summed E-state index contributed by atoms with van der Waals surface area (Å²) in [5.74, 6) is 0. The second-order valence-corrected chi connectivity index (χ2v) is 4.91. The summed E-state index contributed by atoms with van der Waals surface area (Å²) in [4.78, 5) is 7.11. The maximum absolute atomic E-state index is 5.64. The zero-order valence-electron chi connectivity index (χ0n) is 12.0. The van der Waals surface area contributed by atoms with Crippen molar-refractivity contribution in [2.75, 3.05) is 6.54 Å². The Morgan fingerprint density at radius 3 is 2.61 bits per heavy atom. The number of nitrogens with zero attached hydrogens (tertiary/aromatic N) is 2. The first-order valence-electron chi connectivity index (χ1n) is 7.10. The quantitative estimate of drug-likeness (QED) is 0.770.